The summed E-state index contributed by atoms with van der Waals surface area (Å²) in [5.74, 6) is -2.76. The molecule has 1 rings (SSSR count). The summed E-state index contributed by atoms with van der Waals surface area (Å²) in [4.78, 5) is 26.1. The first kappa shape index (κ1) is 14.8. The number of halogens is 3. The molecule has 0 bridgehead atoms. The number of aliphatic carboxylic acids is 1. The molecule has 0 saturated heterocycles. The Bertz CT molecular complexity index is 356. The highest BCUT2D eigenvalue weighted by molar-refractivity contribution is 5.73. The van der Waals surface area contributed by atoms with Gasteiger partial charge in [0.2, 0.25) is 0 Å². The van der Waals surface area contributed by atoms with Crippen molar-refractivity contribution < 1.29 is 32.6 Å². The fourth-order valence-electron chi connectivity index (χ4n) is 0.523. The molecule has 0 fully saturated rings. The number of alkyl halides is 3. The standard InChI is InChI=1S/C6H6N2O2.C2HF3O2/c9-5-10-3-6-1-2-7-4-8-6;3-2(4,5)1(6)7/h1-2,4-5H,3H2;(H,6,7). The molecule has 0 aliphatic heterocycles. The fraction of sp³-hybridized carbons (Fsp3) is 0.250. The molecule has 0 aliphatic rings. The lowest BCUT2D eigenvalue weighted by atomic mass is 10.4. The first-order chi connectivity index (χ1) is 7.88. The summed E-state index contributed by atoms with van der Waals surface area (Å²) in [5.41, 5.74) is 0.696. The summed E-state index contributed by atoms with van der Waals surface area (Å²) in [6, 6.07) is 1.68. The number of nitrogens with zero attached hydrogens (tertiary/aromatic N) is 2. The van der Waals surface area contributed by atoms with Crippen LogP contribution in [0.4, 0.5) is 13.2 Å². The predicted molar refractivity (Wildman–Crippen MR) is 46.6 cm³/mol. The van der Waals surface area contributed by atoms with Gasteiger partial charge in [0.05, 0.1) is 5.69 Å². The second kappa shape index (κ2) is 7.14. The fourth-order valence-corrected chi connectivity index (χ4v) is 0.523. The van der Waals surface area contributed by atoms with E-state index in [1.807, 2.05) is 0 Å². The highest BCUT2D eigenvalue weighted by Crippen LogP contribution is 2.13. The molecule has 6 nitrogen and oxygen atoms in total. The number of aromatic nitrogens is 2. The van der Waals surface area contributed by atoms with Gasteiger partial charge in [0, 0.05) is 6.20 Å². The highest BCUT2D eigenvalue weighted by atomic mass is 19.4. The zero-order valence-electron chi connectivity index (χ0n) is 8.22. The minimum Gasteiger partial charge on any atom is -0.475 e. The van der Waals surface area contributed by atoms with Gasteiger partial charge in [0.15, 0.2) is 0 Å². The normalized spacial score (nSPS) is 9.82. The van der Waals surface area contributed by atoms with Crippen molar-refractivity contribution in [1.82, 2.24) is 9.97 Å². The van der Waals surface area contributed by atoms with Crippen molar-refractivity contribution in [2.24, 2.45) is 0 Å². The van der Waals surface area contributed by atoms with Gasteiger partial charge in [0.25, 0.3) is 6.47 Å². The van der Waals surface area contributed by atoms with Crippen LogP contribution in [0.15, 0.2) is 18.6 Å². The molecule has 1 N–H and O–H groups in total. The monoisotopic (exact) mass is 252 g/mol. The molecule has 1 heterocycles. The smallest absolute Gasteiger partial charge is 0.475 e. The van der Waals surface area contributed by atoms with Gasteiger partial charge in [0.1, 0.15) is 12.9 Å². The van der Waals surface area contributed by atoms with Gasteiger partial charge >= 0.3 is 12.1 Å². The minimum absolute atomic E-state index is 0.214. The van der Waals surface area contributed by atoms with E-state index in [9.17, 15) is 18.0 Å². The number of hydrogen-bond acceptors (Lipinski definition) is 5. The quantitative estimate of drug-likeness (QED) is 0.799. The van der Waals surface area contributed by atoms with Crippen LogP contribution in [-0.2, 0) is 20.9 Å². The summed E-state index contributed by atoms with van der Waals surface area (Å²) < 4.78 is 36.2. The molecule has 0 unspecified atom stereocenters. The van der Waals surface area contributed by atoms with Crippen molar-refractivity contribution in [2.75, 3.05) is 0 Å². The molecule has 0 amide bonds. The summed E-state index contributed by atoms with van der Waals surface area (Å²) in [5, 5.41) is 7.12. The van der Waals surface area contributed by atoms with Gasteiger partial charge in [-0.05, 0) is 6.07 Å². The maximum absolute atomic E-state index is 10.6. The van der Waals surface area contributed by atoms with Gasteiger partial charge in [-0.3, -0.25) is 4.79 Å². The summed E-state index contributed by atoms with van der Waals surface area (Å²) in [6.07, 6.45) is -2.08. The summed E-state index contributed by atoms with van der Waals surface area (Å²) in [6.45, 7) is 0.605. The Hall–Kier alpha value is -2.19. The Morgan fingerprint density at radius 2 is 2.12 bits per heavy atom. The Labute approximate surface area is 93.1 Å². The van der Waals surface area contributed by atoms with E-state index in [4.69, 9.17) is 9.90 Å². The molecule has 0 saturated carbocycles. The Morgan fingerprint density at radius 1 is 1.53 bits per heavy atom. The number of carbonyl (C=O) groups excluding carboxylic acids is 1. The van der Waals surface area contributed by atoms with E-state index in [1.54, 1.807) is 12.3 Å². The van der Waals surface area contributed by atoms with Crippen LogP contribution < -0.4 is 0 Å². The lowest BCUT2D eigenvalue weighted by molar-refractivity contribution is -0.192. The topological polar surface area (TPSA) is 89.4 Å². The lowest BCUT2D eigenvalue weighted by Gasteiger charge is -1.94. The Balaban J connectivity index is 0.000000325. The molecule has 0 spiro atoms. The second-order valence-electron chi connectivity index (χ2n) is 2.41. The van der Waals surface area contributed by atoms with E-state index < -0.39 is 12.1 Å². The number of hydrogen-bond donors (Lipinski definition) is 1. The molecule has 0 aromatic carbocycles. The third-order valence-electron chi connectivity index (χ3n) is 1.18. The molecular formula is C8H7F3N2O4. The molecule has 17 heavy (non-hydrogen) atoms. The molecule has 1 aromatic heterocycles. The summed E-state index contributed by atoms with van der Waals surface area (Å²) >= 11 is 0. The summed E-state index contributed by atoms with van der Waals surface area (Å²) in [7, 11) is 0. The third kappa shape index (κ3) is 7.71. The van der Waals surface area contributed by atoms with Crippen LogP contribution in [0.5, 0.6) is 0 Å². The molecule has 1 aromatic rings. The van der Waals surface area contributed by atoms with Crippen LogP contribution in [0.2, 0.25) is 0 Å². The first-order valence-electron chi connectivity index (χ1n) is 3.98. The maximum atomic E-state index is 10.6. The SMILES string of the molecule is O=C(O)C(F)(F)F.O=COCc1ccncn1. The van der Waals surface area contributed by atoms with Crippen molar-refractivity contribution in [3.05, 3.63) is 24.3 Å². The van der Waals surface area contributed by atoms with Gasteiger partial charge in [-0.1, -0.05) is 0 Å². The molecule has 0 aliphatic carbocycles. The van der Waals surface area contributed by atoms with Gasteiger partial charge in [-0.15, -0.1) is 0 Å². The number of carbonyl (C=O) groups is 2. The Kier molecular flexibility index (Phi) is 6.22. The number of carboxylic acid groups (broad SMARTS) is 1. The van der Waals surface area contributed by atoms with E-state index in [-0.39, 0.29) is 6.61 Å². The molecular weight excluding hydrogens is 245 g/mol. The predicted octanol–water partition coefficient (Wildman–Crippen LogP) is 0.783. The van der Waals surface area contributed by atoms with Crippen LogP contribution in [-0.4, -0.2) is 33.7 Å². The molecule has 0 radical (unpaired) electrons. The van der Waals surface area contributed by atoms with E-state index >= 15 is 0 Å². The van der Waals surface area contributed by atoms with Crippen LogP contribution in [0, 0.1) is 0 Å². The van der Waals surface area contributed by atoms with Gasteiger partial charge in [-0.2, -0.15) is 13.2 Å². The molecule has 0 atom stereocenters. The zero-order chi connectivity index (χ0) is 13.3. The average Bonchev–Trinajstić information content (AvgIpc) is 2.27. The largest absolute Gasteiger partial charge is 0.490 e. The van der Waals surface area contributed by atoms with Crippen LogP contribution in [0.3, 0.4) is 0 Å². The second-order valence-corrected chi connectivity index (χ2v) is 2.41. The van der Waals surface area contributed by atoms with Gasteiger partial charge < -0.3 is 9.84 Å². The first-order valence-corrected chi connectivity index (χ1v) is 3.98. The molecule has 9 heteroatoms. The molecule has 94 valence electrons. The number of carboxylic acids is 1. The van der Waals surface area contributed by atoms with Crippen LogP contribution in [0.25, 0.3) is 0 Å². The minimum atomic E-state index is -5.08. The van der Waals surface area contributed by atoms with E-state index in [0.29, 0.717) is 12.2 Å². The van der Waals surface area contributed by atoms with Crippen molar-refractivity contribution in [1.29, 1.82) is 0 Å². The van der Waals surface area contributed by atoms with E-state index in [0.717, 1.165) is 0 Å². The third-order valence-corrected chi connectivity index (χ3v) is 1.18. The average molecular weight is 252 g/mol. The highest BCUT2D eigenvalue weighted by Gasteiger charge is 2.38. The lowest BCUT2D eigenvalue weighted by Crippen LogP contribution is -2.21. The maximum Gasteiger partial charge on any atom is 0.490 e. The van der Waals surface area contributed by atoms with Crippen LogP contribution in [0.1, 0.15) is 5.69 Å². The van der Waals surface area contributed by atoms with Crippen molar-refractivity contribution in [3.63, 3.8) is 0 Å². The van der Waals surface area contributed by atoms with E-state index in [2.05, 4.69) is 14.7 Å². The van der Waals surface area contributed by atoms with Crippen molar-refractivity contribution in [2.45, 2.75) is 12.8 Å². The van der Waals surface area contributed by atoms with Crippen molar-refractivity contribution >= 4 is 12.4 Å². The van der Waals surface area contributed by atoms with Crippen molar-refractivity contribution in [3.8, 4) is 0 Å². The van der Waals surface area contributed by atoms with Gasteiger partial charge in [-0.25, -0.2) is 14.8 Å². The number of rotatable bonds is 3. The van der Waals surface area contributed by atoms with Crippen LogP contribution >= 0.6 is 0 Å². The Morgan fingerprint density at radius 3 is 2.47 bits per heavy atom. The van der Waals surface area contributed by atoms with E-state index in [1.165, 1.54) is 6.33 Å². The number of ether oxygens (including phenoxy) is 1. The zero-order valence-corrected chi connectivity index (χ0v) is 8.22.